The molecule has 1 aromatic heterocycles. The third-order valence-corrected chi connectivity index (χ3v) is 5.21. The second kappa shape index (κ2) is 8.89. The first kappa shape index (κ1) is 19.9. The molecule has 0 radical (unpaired) electrons. The van der Waals surface area contributed by atoms with Gasteiger partial charge in [-0.2, -0.15) is 0 Å². The van der Waals surface area contributed by atoms with Crippen LogP contribution in [0.5, 0.6) is 5.75 Å². The maximum absolute atomic E-state index is 12.3. The van der Waals surface area contributed by atoms with Crippen LogP contribution in [-0.2, 0) is 4.79 Å². The first-order valence-electron chi connectivity index (χ1n) is 8.02. The Morgan fingerprint density at radius 3 is 2.75 bits per heavy atom. The summed E-state index contributed by atoms with van der Waals surface area (Å²) in [4.78, 5) is 26.9. The average molecular weight is 463 g/mol. The van der Waals surface area contributed by atoms with E-state index in [1.54, 1.807) is 6.20 Å². The van der Waals surface area contributed by atoms with Crippen LogP contribution in [0.15, 0.2) is 64.5 Å². The lowest BCUT2D eigenvalue weighted by molar-refractivity contribution is -0.384. The van der Waals surface area contributed by atoms with Crippen LogP contribution in [0.3, 0.4) is 0 Å². The normalized spacial score (nSPS) is 10.5. The van der Waals surface area contributed by atoms with Gasteiger partial charge in [0, 0.05) is 28.6 Å². The number of hydrogen-bond donors (Lipinski definition) is 1. The summed E-state index contributed by atoms with van der Waals surface area (Å²) in [6, 6.07) is 11.8. The number of carbonyl (C=O) groups is 1. The molecule has 0 saturated carbocycles. The number of hydrogen-bond acceptors (Lipinski definition) is 6. The molecule has 3 rings (SSSR count). The van der Waals surface area contributed by atoms with E-state index in [-0.39, 0.29) is 23.1 Å². The van der Waals surface area contributed by atoms with Crippen molar-refractivity contribution in [3.63, 3.8) is 0 Å². The summed E-state index contributed by atoms with van der Waals surface area (Å²) in [5.41, 5.74) is 1.19. The molecule has 0 spiro atoms. The van der Waals surface area contributed by atoms with E-state index in [0.29, 0.717) is 10.8 Å². The summed E-state index contributed by atoms with van der Waals surface area (Å²) in [6.07, 6.45) is 3.49. The van der Waals surface area contributed by atoms with E-state index in [2.05, 4.69) is 26.2 Å². The number of anilines is 1. The van der Waals surface area contributed by atoms with E-state index in [0.717, 1.165) is 10.2 Å². The quantitative estimate of drug-likeness (QED) is 0.319. The molecule has 8 nitrogen and oxygen atoms in total. The Labute approximate surface area is 173 Å². The van der Waals surface area contributed by atoms with E-state index in [9.17, 15) is 14.9 Å². The summed E-state index contributed by atoms with van der Waals surface area (Å²) in [6.45, 7) is 0. The van der Waals surface area contributed by atoms with Crippen molar-refractivity contribution in [2.24, 2.45) is 0 Å². The summed E-state index contributed by atoms with van der Waals surface area (Å²) < 4.78 is 7.99. The van der Waals surface area contributed by atoms with Crippen LogP contribution in [0, 0.1) is 10.1 Å². The van der Waals surface area contributed by atoms with Crippen LogP contribution in [0.1, 0.15) is 0 Å². The minimum absolute atomic E-state index is 0.110. The van der Waals surface area contributed by atoms with Gasteiger partial charge in [0.15, 0.2) is 5.16 Å². The summed E-state index contributed by atoms with van der Waals surface area (Å²) in [7, 11) is 1.39. The Morgan fingerprint density at radius 2 is 2.07 bits per heavy atom. The van der Waals surface area contributed by atoms with Gasteiger partial charge in [0.2, 0.25) is 5.91 Å². The number of methoxy groups -OCH3 is 1. The van der Waals surface area contributed by atoms with Crippen molar-refractivity contribution < 1.29 is 14.5 Å². The van der Waals surface area contributed by atoms with Crippen molar-refractivity contribution in [3.05, 3.63) is 69.4 Å². The zero-order valence-corrected chi connectivity index (χ0v) is 17.1. The van der Waals surface area contributed by atoms with Crippen LogP contribution in [0.2, 0.25) is 0 Å². The monoisotopic (exact) mass is 462 g/mol. The van der Waals surface area contributed by atoms with Crippen LogP contribution >= 0.6 is 27.7 Å². The minimum Gasteiger partial charge on any atom is -0.494 e. The first-order chi connectivity index (χ1) is 13.5. The molecule has 0 atom stereocenters. The van der Waals surface area contributed by atoms with Gasteiger partial charge in [0.1, 0.15) is 5.75 Å². The molecule has 2 aromatic carbocycles. The number of nitrogens with one attached hydrogen (secondary N) is 1. The van der Waals surface area contributed by atoms with E-state index < -0.39 is 4.92 Å². The lowest BCUT2D eigenvalue weighted by Gasteiger charge is -2.10. The number of carbonyl (C=O) groups excluding carboxylic acids is 1. The molecule has 0 aliphatic rings. The molecular weight excluding hydrogens is 448 g/mol. The SMILES string of the molecule is COc1cc([N+](=O)[O-])ccc1NC(=O)CSc1nccn1-c1ccc(Br)cc1. The number of nitro benzene ring substituents is 1. The second-order valence-electron chi connectivity index (χ2n) is 5.53. The van der Waals surface area contributed by atoms with Crippen LogP contribution < -0.4 is 10.1 Å². The lowest BCUT2D eigenvalue weighted by Crippen LogP contribution is -2.15. The number of halogens is 1. The molecule has 10 heteroatoms. The number of thioether (sulfide) groups is 1. The van der Waals surface area contributed by atoms with Crippen LogP contribution in [0.25, 0.3) is 5.69 Å². The van der Waals surface area contributed by atoms with Crippen molar-refractivity contribution in [2.75, 3.05) is 18.2 Å². The van der Waals surface area contributed by atoms with Gasteiger partial charge in [-0.3, -0.25) is 19.5 Å². The molecule has 3 aromatic rings. The highest BCUT2D eigenvalue weighted by Crippen LogP contribution is 2.29. The Kier molecular flexibility index (Phi) is 6.32. The number of amides is 1. The Hall–Kier alpha value is -2.85. The molecule has 0 bridgehead atoms. The van der Waals surface area contributed by atoms with E-state index >= 15 is 0 Å². The number of nitro groups is 1. The number of ether oxygens (including phenoxy) is 1. The maximum Gasteiger partial charge on any atom is 0.273 e. The zero-order valence-electron chi connectivity index (χ0n) is 14.7. The molecule has 0 aliphatic carbocycles. The summed E-state index contributed by atoms with van der Waals surface area (Å²) in [5.74, 6) is 0.0691. The molecular formula is C18H15BrN4O4S. The van der Waals surface area contributed by atoms with Gasteiger partial charge in [-0.05, 0) is 30.3 Å². The molecule has 1 heterocycles. The van der Waals surface area contributed by atoms with Gasteiger partial charge < -0.3 is 10.1 Å². The third-order valence-electron chi connectivity index (χ3n) is 3.71. The summed E-state index contributed by atoms with van der Waals surface area (Å²) in [5, 5.41) is 14.2. The van der Waals surface area contributed by atoms with E-state index in [1.165, 1.54) is 37.1 Å². The molecule has 0 saturated heterocycles. The van der Waals surface area contributed by atoms with Crippen LogP contribution in [-0.4, -0.2) is 33.2 Å². The molecule has 28 heavy (non-hydrogen) atoms. The number of imidazole rings is 1. The molecule has 0 aliphatic heterocycles. The fourth-order valence-electron chi connectivity index (χ4n) is 2.41. The molecule has 0 unspecified atom stereocenters. The number of non-ortho nitro benzene ring substituents is 1. The first-order valence-corrected chi connectivity index (χ1v) is 9.80. The van der Waals surface area contributed by atoms with Crippen molar-refractivity contribution >= 4 is 45.0 Å². The minimum atomic E-state index is -0.522. The van der Waals surface area contributed by atoms with E-state index in [1.807, 2.05) is 35.0 Å². The smallest absolute Gasteiger partial charge is 0.273 e. The largest absolute Gasteiger partial charge is 0.494 e. The van der Waals surface area contributed by atoms with Crippen molar-refractivity contribution in [3.8, 4) is 11.4 Å². The fraction of sp³-hybridized carbons (Fsp3) is 0.111. The van der Waals surface area contributed by atoms with Crippen molar-refractivity contribution in [2.45, 2.75) is 5.16 Å². The average Bonchev–Trinajstić information content (AvgIpc) is 3.15. The number of nitrogens with zero attached hydrogens (tertiary/aromatic N) is 3. The van der Waals surface area contributed by atoms with E-state index in [4.69, 9.17) is 4.74 Å². The standard InChI is InChI=1S/C18H15BrN4O4S/c1-27-16-10-14(23(25)26)6-7-15(16)21-17(24)11-28-18-20-8-9-22(18)13-4-2-12(19)3-5-13/h2-10H,11H2,1H3,(H,21,24). The second-order valence-corrected chi connectivity index (χ2v) is 7.39. The van der Waals surface area contributed by atoms with Crippen molar-refractivity contribution in [1.29, 1.82) is 0 Å². The summed E-state index contributed by atoms with van der Waals surface area (Å²) >= 11 is 4.68. The predicted octanol–water partition coefficient (Wildman–Crippen LogP) is 4.28. The predicted molar refractivity (Wildman–Crippen MR) is 110 cm³/mol. The Balaban J connectivity index is 1.67. The lowest BCUT2D eigenvalue weighted by atomic mass is 10.2. The van der Waals surface area contributed by atoms with Crippen LogP contribution in [0.4, 0.5) is 11.4 Å². The Morgan fingerprint density at radius 1 is 1.32 bits per heavy atom. The highest BCUT2D eigenvalue weighted by atomic mass is 79.9. The number of rotatable bonds is 7. The molecule has 144 valence electrons. The Bertz CT molecular complexity index is 1010. The highest BCUT2D eigenvalue weighted by Gasteiger charge is 2.14. The van der Waals surface area contributed by atoms with Gasteiger partial charge in [0.25, 0.3) is 5.69 Å². The fourth-order valence-corrected chi connectivity index (χ4v) is 3.45. The van der Waals surface area contributed by atoms with Gasteiger partial charge in [0.05, 0.1) is 29.5 Å². The zero-order chi connectivity index (χ0) is 20.1. The number of aromatic nitrogens is 2. The molecule has 0 fully saturated rings. The number of benzene rings is 2. The highest BCUT2D eigenvalue weighted by molar-refractivity contribution is 9.10. The third kappa shape index (κ3) is 4.70. The van der Waals surface area contributed by atoms with Gasteiger partial charge in [-0.1, -0.05) is 27.7 Å². The van der Waals surface area contributed by atoms with Gasteiger partial charge in [-0.25, -0.2) is 4.98 Å². The maximum atomic E-state index is 12.3. The molecule has 1 amide bonds. The van der Waals surface area contributed by atoms with Gasteiger partial charge in [-0.15, -0.1) is 0 Å². The van der Waals surface area contributed by atoms with Gasteiger partial charge >= 0.3 is 0 Å². The molecule has 1 N–H and O–H groups in total. The van der Waals surface area contributed by atoms with Crippen molar-refractivity contribution in [1.82, 2.24) is 9.55 Å². The topological polar surface area (TPSA) is 99.3 Å².